The fourth-order valence-corrected chi connectivity index (χ4v) is 2.06. The van der Waals surface area contributed by atoms with Crippen LogP contribution >= 0.6 is 0 Å². The lowest BCUT2D eigenvalue weighted by Gasteiger charge is -2.22. The highest BCUT2D eigenvalue weighted by atomic mass is 16.3. The van der Waals surface area contributed by atoms with Crippen LogP contribution in [0.5, 0.6) is 0 Å². The maximum Gasteiger partial charge on any atom is 0.0629 e. The van der Waals surface area contributed by atoms with E-state index < -0.39 is 0 Å². The number of anilines is 1. The first-order chi connectivity index (χ1) is 10.3. The second-order valence-corrected chi connectivity index (χ2v) is 4.61. The molecule has 0 saturated heterocycles. The van der Waals surface area contributed by atoms with Gasteiger partial charge in [-0.05, 0) is 35.9 Å². The van der Waals surface area contributed by atoms with E-state index in [1.54, 1.807) is 6.20 Å². The summed E-state index contributed by atoms with van der Waals surface area (Å²) in [5.74, 6) is 0. The van der Waals surface area contributed by atoms with Gasteiger partial charge in [-0.25, -0.2) is 0 Å². The van der Waals surface area contributed by atoms with Crippen molar-refractivity contribution in [3.63, 3.8) is 0 Å². The van der Waals surface area contributed by atoms with Gasteiger partial charge in [-0.2, -0.15) is 0 Å². The molecule has 0 amide bonds. The van der Waals surface area contributed by atoms with Crippen LogP contribution in [0, 0.1) is 0 Å². The van der Waals surface area contributed by atoms with Crippen molar-refractivity contribution >= 4 is 17.8 Å². The lowest BCUT2D eigenvalue weighted by Crippen LogP contribution is -2.29. The standard InChI is InChI=1S/C17H20N2O2/c20-13-11-19(12-14-21)17-8-5-15(6-9-17)4-7-16-3-1-2-10-18-16/h1-10,20-21H,11-14H2. The predicted octanol–water partition coefficient (Wildman–Crippen LogP) is 2.04. The number of aliphatic hydroxyl groups is 2. The van der Waals surface area contributed by atoms with E-state index in [-0.39, 0.29) is 13.2 Å². The molecule has 0 fully saturated rings. The van der Waals surface area contributed by atoms with E-state index in [0.717, 1.165) is 16.9 Å². The van der Waals surface area contributed by atoms with Crippen LogP contribution in [0.2, 0.25) is 0 Å². The molecule has 0 aliphatic carbocycles. The van der Waals surface area contributed by atoms with Crippen molar-refractivity contribution in [3.8, 4) is 0 Å². The lowest BCUT2D eigenvalue weighted by molar-refractivity contribution is 0.281. The number of nitrogens with zero attached hydrogens (tertiary/aromatic N) is 2. The van der Waals surface area contributed by atoms with Crippen molar-refractivity contribution in [2.24, 2.45) is 0 Å². The Hall–Kier alpha value is -2.17. The summed E-state index contributed by atoms with van der Waals surface area (Å²) in [5.41, 5.74) is 2.99. The summed E-state index contributed by atoms with van der Waals surface area (Å²) >= 11 is 0. The van der Waals surface area contributed by atoms with Crippen LogP contribution in [0.3, 0.4) is 0 Å². The minimum absolute atomic E-state index is 0.0708. The third kappa shape index (κ3) is 4.70. The molecule has 0 aliphatic rings. The molecule has 0 aliphatic heterocycles. The highest BCUT2D eigenvalue weighted by Crippen LogP contribution is 2.16. The zero-order chi connectivity index (χ0) is 14.9. The molecule has 4 heteroatoms. The summed E-state index contributed by atoms with van der Waals surface area (Å²) in [6.07, 6.45) is 5.74. The molecule has 110 valence electrons. The van der Waals surface area contributed by atoms with Crippen LogP contribution in [0.1, 0.15) is 11.3 Å². The van der Waals surface area contributed by atoms with Crippen LogP contribution in [-0.2, 0) is 0 Å². The second-order valence-electron chi connectivity index (χ2n) is 4.61. The van der Waals surface area contributed by atoms with E-state index in [1.165, 1.54) is 0 Å². The third-order valence-electron chi connectivity index (χ3n) is 3.13. The number of rotatable bonds is 7. The first-order valence-electron chi connectivity index (χ1n) is 6.99. The van der Waals surface area contributed by atoms with Crippen LogP contribution in [0.4, 0.5) is 5.69 Å². The number of hydrogen-bond donors (Lipinski definition) is 2. The third-order valence-corrected chi connectivity index (χ3v) is 3.13. The Morgan fingerprint density at radius 2 is 1.62 bits per heavy atom. The molecule has 0 spiro atoms. The van der Waals surface area contributed by atoms with Gasteiger partial charge < -0.3 is 15.1 Å². The quantitative estimate of drug-likeness (QED) is 0.817. The van der Waals surface area contributed by atoms with Gasteiger partial charge in [-0.3, -0.25) is 4.98 Å². The van der Waals surface area contributed by atoms with Crippen LogP contribution < -0.4 is 4.90 Å². The highest BCUT2D eigenvalue weighted by Gasteiger charge is 2.04. The van der Waals surface area contributed by atoms with E-state index in [0.29, 0.717) is 13.1 Å². The van der Waals surface area contributed by atoms with E-state index in [9.17, 15) is 0 Å². The lowest BCUT2D eigenvalue weighted by atomic mass is 10.1. The molecule has 2 rings (SSSR count). The van der Waals surface area contributed by atoms with Crippen molar-refractivity contribution < 1.29 is 10.2 Å². The molecule has 0 bridgehead atoms. The van der Waals surface area contributed by atoms with Crippen molar-refractivity contribution in [2.75, 3.05) is 31.2 Å². The minimum atomic E-state index is 0.0708. The largest absolute Gasteiger partial charge is 0.395 e. The van der Waals surface area contributed by atoms with Gasteiger partial charge in [0.1, 0.15) is 0 Å². The van der Waals surface area contributed by atoms with E-state index >= 15 is 0 Å². The molecule has 4 nitrogen and oxygen atoms in total. The summed E-state index contributed by atoms with van der Waals surface area (Å²) in [6, 6.07) is 13.8. The summed E-state index contributed by atoms with van der Waals surface area (Å²) < 4.78 is 0. The van der Waals surface area contributed by atoms with Gasteiger partial charge in [-0.1, -0.05) is 24.3 Å². The topological polar surface area (TPSA) is 56.6 Å². The fraction of sp³-hybridized carbons (Fsp3) is 0.235. The van der Waals surface area contributed by atoms with Gasteiger partial charge in [-0.15, -0.1) is 0 Å². The number of hydrogen-bond acceptors (Lipinski definition) is 4. The van der Waals surface area contributed by atoms with Crippen molar-refractivity contribution in [1.82, 2.24) is 4.98 Å². The van der Waals surface area contributed by atoms with Gasteiger partial charge in [0.2, 0.25) is 0 Å². The molecule has 1 aromatic heterocycles. The van der Waals surface area contributed by atoms with Crippen LogP contribution in [0.15, 0.2) is 48.7 Å². The smallest absolute Gasteiger partial charge is 0.0629 e. The predicted molar refractivity (Wildman–Crippen MR) is 86.0 cm³/mol. The normalized spacial score (nSPS) is 11.0. The first kappa shape index (κ1) is 15.2. The summed E-state index contributed by atoms with van der Waals surface area (Å²) in [4.78, 5) is 6.19. The molecule has 0 saturated carbocycles. The average Bonchev–Trinajstić information content (AvgIpc) is 2.54. The molecule has 1 aromatic carbocycles. The fourth-order valence-electron chi connectivity index (χ4n) is 2.06. The monoisotopic (exact) mass is 284 g/mol. The Balaban J connectivity index is 2.06. The maximum absolute atomic E-state index is 9.05. The summed E-state index contributed by atoms with van der Waals surface area (Å²) in [5, 5.41) is 18.1. The molecule has 2 aromatic rings. The molecule has 2 N–H and O–H groups in total. The molecular formula is C17H20N2O2. The minimum Gasteiger partial charge on any atom is -0.395 e. The SMILES string of the molecule is OCCN(CCO)c1ccc(C=Cc2ccccn2)cc1. The highest BCUT2D eigenvalue weighted by molar-refractivity contribution is 5.69. The molecule has 0 unspecified atom stereocenters. The second kappa shape index (κ2) is 8.19. The molecular weight excluding hydrogens is 264 g/mol. The molecule has 1 heterocycles. The molecule has 0 atom stereocenters. The zero-order valence-corrected chi connectivity index (χ0v) is 11.9. The van der Waals surface area contributed by atoms with Gasteiger partial charge in [0.25, 0.3) is 0 Å². The molecule has 21 heavy (non-hydrogen) atoms. The van der Waals surface area contributed by atoms with E-state index in [1.807, 2.05) is 59.5 Å². The Labute approximate surface area is 125 Å². The first-order valence-corrected chi connectivity index (χ1v) is 6.99. The summed E-state index contributed by atoms with van der Waals surface area (Å²) in [6.45, 7) is 1.18. The van der Waals surface area contributed by atoms with Crippen molar-refractivity contribution in [2.45, 2.75) is 0 Å². The summed E-state index contributed by atoms with van der Waals surface area (Å²) in [7, 11) is 0. The zero-order valence-electron chi connectivity index (χ0n) is 11.9. The Bertz CT molecular complexity index is 547. The van der Waals surface area contributed by atoms with E-state index in [2.05, 4.69) is 4.98 Å². The Morgan fingerprint density at radius 1 is 0.905 bits per heavy atom. The Morgan fingerprint density at radius 3 is 2.19 bits per heavy atom. The van der Waals surface area contributed by atoms with Gasteiger partial charge in [0.05, 0.1) is 18.9 Å². The van der Waals surface area contributed by atoms with Gasteiger partial charge in [0.15, 0.2) is 0 Å². The molecule has 0 radical (unpaired) electrons. The van der Waals surface area contributed by atoms with Crippen molar-refractivity contribution in [1.29, 1.82) is 0 Å². The number of aromatic nitrogens is 1. The van der Waals surface area contributed by atoms with Crippen molar-refractivity contribution in [3.05, 3.63) is 59.9 Å². The average molecular weight is 284 g/mol. The maximum atomic E-state index is 9.05. The number of pyridine rings is 1. The van der Waals surface area contributed by atoms with Crippen LogP contribution in [0.25, 0.3) is 12.2 Å². The van der Waals surface area contributed by atoms with E-state index in [4.69, 9.17) is 10.2 Å². The Kier molecular flexibility index (Phi) is 5.94. The van der Waals surface area contributed by atoms with Gasteiger partial charge in [0, 0.05) is 25.0 Å². The van der Waals surface area contributed by atoms with Gasteiger partial charge >= 0.3 is 0 Å². The van der Waals surface area contributed by atoms with Crippen LogP contribution in [-0.4, -0.2) is 41.5 Å². The number of benzene rings is 1. The number of aliphatic hydroxyl groups excluding tert-OH is 2.